The molecule has 0 atom stereocenters. The zero-order chi connectivity index (χ0) is 10.1. The fourth-order valence-corrected chi connectivity index (χ4v) is 0.529. The van der Waals surface area contributed by atoms with Crippen LogP contribution in [0.1, 0.15) is 0 Å². The molecule has 0 aliphatic heterocycles. The maximum Gasteiger partial charge on any atom is 0.234 e. The first-order valence-corrected chi connectivity index (χ1v) is 3.85. The van der Waals surface area contributed by atoms with Crippen molar-refractivity contribution in [3.05, 3.63) is 0 Å². The Kier molecular flexibility index (Phi) is 6.79. The molecule has 0 bridgehead atoms. The third-order valence-corrected chi connectivity index (χ3v) is 1.19. The average molecular weight is 189 g/mol. The molecule has 0 aliphatic carbocycles. The minimum absolute atomic E-state index is 0.0448. The van der Waals surface area contributed by atoms with Gasteiger partial charge in [-0.15, -0.1) is 0 Å². The quantitative estimate of drug-likeness (QED) is 0.221. The number of nitrogens with two attached hydrogens (primary N) is 2. The van der Waals surface area contributed by atoms with Crippen molar-refractivity contribution in [2.45, 2.75) is 0 Å². The molecular formula is C6H15N5O2. The fraction of sp³-hybridized carbons (Fsp3) is 0.667. The van der Waals surface area contributed by atoms with Gasteiger partial charge in [-0.05, 0) is 0 Å². The monoisotopic (exact) mass is 189 g/mol. The van der Waals surface area contributed by atoms with Crippen molar-refractivity contribution in [3.8, 4) is 0 Å². The maximum atomic E-state index is 10.6. The molecule has 7 heteroatoms. The number of hydrogen-bond donors (Lipinski definition) is 5. The topological polar surface area (TPSA) is 122 Å². The van der Waals surface area contributed by atoms with Gasteiger partial charge in [0.05, 0.1) is 26.4 Å². The number of amides is 2. The lowest BCUT2D eigenvalue weighted by Crippen LogP contribution is -2.43. The predicted octanol–water partition coefficient (Wildman–Crippen LogP) is -3.36. The first-order chi connectivity index (χ1) is 6.20. The number of rotatable bonds is 6. The van der Waals surface area contributed by atoms with Gasteiger partial charge in [0.2, 0.25) is 11.8 Å². The van der Waals surface area contributed by atoms with Gasteiger partial charge in [-0.3, -0.25) is 14.9 Å². The zero-order valence-corrected chi connectivity index (χ0v) is 7.30. The first kappa shape index (κ1) is 11.8. The Balaban J connectivity index is 3.17. The standard InChI is InChI=1S/C6H15N5O2/c7-1-5(12)10-3-9-4-11-6(13)2-8/h9H,1-4,7-8H2,(H,10,12)(H,11,13). The van der Waals surface area contributed by atoms with E-state index in [9.17, 15) is 9.59 Å². The van der Waals surface area contributed by atoms with Crippen LogP contribution < -0.4 is 27.4 Å². The van der Waals surface area contributed by atoms with Crippen LogP contribution >= 0.6 is 0 Å². The molecule has 0 radical (unpaired) electrons. The van der Waals surface area contributed by atoms with E-state index in [1.807, 2.05) is 0 Å². The molecule has 0 saturated carbocycles. The molecule has 76 valence electrons. The molecule has 0 saturated heterocycles. The molecule has 13 heavy (non-hydrogen) atoms. The van der Waals surface area contributed by atoms with E-state index in [0.29, 0.717) is 0 Å². The third-order valence-electron chi connectivity index (χ3n) is 1.19. The minimum Gasteiger partial charge on any atom is -0.342 e. The van der Waals surface area contributed by atoms with Crippen LogP contribution in [0.3, 0.4) is 0 Å². The Morgan fingerprint density at radius 2 is 1.31 bits per heavy atom. The Hall–Kier alpha value is -1.18. The van der Waals surface area contributed by atoms with Gasteiger partial charge in [-0.1, -0.05) is 0 Å². The summed E-state index contributed by atoms with van der Waals surface area (Å²) in [6.45, 7) is 0.440. The van der Waals surface area contributed by atoms with Crippen LogP contribution in [-0.4, -0.2) is 38.2 Å². The van der Waals surface area contributed by atoms with Gasteiger partial charge < -0.3 is 22.1 Å². The summed E-state index contributed by atoms with van der Waals surface area (Å²) < 4.78 is 0. The van der Waals surface area contributed by atoms with Crippen molar-refractivity contribution in [1.29, 1.82) is 0 Å². The molecule has 0 aromatic heterocycles. The Labute approximate surface area is 76.2 Å². The van der Waals surface area contributed by atoms with Gasteiger partial charge in [0.15, 0.2) is 0 Å². The van der Waals surface area contributed by atoms with E-state index >= 15 is 0 Å². The third kappa shape index (κ3) is 7.19. The van der Waals surface area contributed by atoms with Crippen molar-refractivity contribution in [2.24, 2.45) is 11.5 Å². The van der Waals surface area contributed by atoms with E-state index in [1.54, 1.807) is 0 Å². The summed E-state index contributed by atoms with van der Waals surface area (Å²) in [5.74, 6) is -0.504. The molecule has 0 spiro atoms. The van der Waals surface area contributed by atoms with Crippen LogP contribution in [-0.2, 0) is 9.59 Å². The molecule has 0 aromatic rings. The highest BCUT2D eigenvalue weighted by atomic mass is 16.2. The van der Waals surface area contributed by atoms with Crippen molar-refractivity contribution < 1.29 is 9.59 Å². The fourth-order valence-electron chi connectivity index (χ4n) is 0.529. The lowest BCUT2D eigenvalue weighted by Gasteiger charge is -2.06. The first-order valence-electron chi connectivity index (χ1n) is 3.85. The number of nitrogens with one attached hydrogen (secondary N) is 3. The van der Waals surface area contributed by atoms with Gasteiger partial charge in [-0.25, -0.2) is 0 Å². The smallest absolute Gasteiger partial charge is 0.234 e. The van der Waals surface area contributed by atoms with Crippen LogP contribution in [0.15, 0.2) is 0 Å². The van der Waals surface area contributed by atoms with Crippen LogP contribution in [0.4, 0.5) is 0 Å². The Bertz CT molecular complexity index is 154. The Morgan fingerprint density at radius 3 is 1.62 bits per heavy atom. The van der Waals surface area contributed by atoms with Crippen LogP contribution in [0.25, 0.3) is 0 Å². The average Bonchev–Trinajstić information content (AvgIpc) is 2.16. The molecule has 7 nitrogen and oxygen atoms in total. The van der Waals surface area contributed by atoms with Gasteiger partial charge in [0.25, 0.3) is 0 Å². The predicted molar refractivity (Wildman–Crippen MR) is 47.3 cm³/mol. The molecule has 0 aromatic carbocycles. The molecular weight excluding hydrogens is 174 g/mol. The molecule has 0 unspecified atom stereocenters. The van der Waals surface area contributed by atoms with Crippen LogP contribution in [0.2, 0.25) is 0 Å². The van der Waals surface area contributed by atoms with Gasteiger partial charge in [0, 0.05) is 0 Å². The summed E-state index contributed by atoms with van der Waals surface area (Å²) in [5.41, 5.74) is 10.1. The van der Waals surface area contributed by atoms with Crippen molar-refractivity contribution >= 4 is 11.8 Å². The second-order valence-electron chi connectivity index (χ2n) is 2.21. The summed E-state index contributed by atoms with van der Waals surface area (Å²) >= 11 is 0. The van der Waals surface area contributed by atoms with E-state index in [-0.39, 0.29) is 38.2 Å². The lowest BCUT2D eigenvalue weighted by atomic mass is 10.6. The molecule has 0 fully saturated rings. The van der Waals surface area contributed by atoms with Crippen LogP contribution in [0.5, 0.6) is 0 Å². The number of carbonyl (C=O) groups excluding carboxylic acids is 2. The molecule has 0 heterocycles. The zero-order valence-electron chi connectivity index (χ0n) is 7.30. The van der Waals surface area contributed by atoms with Crippen LogP contribution in [0, 0.1) is 0 Å². The normalized spacial score (nSPS) is 9.38. The van der Waals surface area contributed by atoms with Crippen molar-refractivity contribution in [3.63, 3.8) is 0 Å². The van der Waals surface area contributed by atoms with E-state index in [4.69, 9.17) is 11.5 Å². The SMILES string of the molecule is NCC(=O)NCNCNC(=O)CN. The molecule has 0 aliphatic rings. The van der Waals surface area contributed by atoms with Gasteiger partial charge in [0.1, 0.15) is 0 Å². The molecule has 0 rings (SSSR count). The Morgan fingerprint density at radius 1 is 0.923 bits per heavy atom. The second-order valence-corrected chi connectivity index (χ2v) is 2.21. The highest BCUT2D eigenvalue weighted by Gasteiger charge is 1.95. The minimum atomic E-state index is -0.252. The summed E-state index contributed by atoms with van der Waals surface area (Å²) in [4.78, 5) is 21.2. The van der Waals surface area contributed by atoms with Crippen molar-refractivity contribution in [2.75, 3.05) is 26.4 Å². The lowest BCUT2D eigenvalue weighted by molar-refractivity contribution is -0.120. The van der Waals surface area contributed by atoms with Gasteiger partial charge >= 0.3 is 0 Å². The number of carbonyl (C=O) groups is 2. The highest BCUT2D eigenvalue weighted by molar-refractivity contribution is 5.78. The molecule has 2 amide bonds. The maximum absolute atomic E-state index is 10.6. The summed E-state index contributed by atoms with van der Waals surface area (Å²) in [6, 6.07) is 0. The largest absolute Gasteiger partial charge is 0.342 e. The van der Waals surface area contributed by atoms with E-state index < -0.39 is 0 Å². The second kappa shape index (κ2) is 7.47. The van der Waals surface area contributed by atoms with E-state index in [0.717, 1.165) is 0 Å². The summed E-state index contributed by atoms with van der Waals surface area (Å²) in [6.07, 6.45) is 0. The number of hydrogen-bond acceptors (Lipinski definition) is 5. The molecule has 7 N–H and O–H groups in total. The van der Waals surface area contributed by atoms with Gasteiger partial charge in [-0.2, -0.15) is 0 Å². The summed E-state index contributed by atoms with van der Waals surface area (Å²) in [7, 11) is 0. The highest BCUT2D eigenvalue weighted by Crippen LogP contribution is 1.58. The summed E-state index contributed by atoms with van der Waals surface area (Å²) in [5, 5.41) is 7.67. The van der Waals surface area contributed by atoms with E-state index in [1.165, 1.54) is 0 Å². The van der Waals surface area contributed by atoms with Crippen molar-refractivity contribution in [1.82, 2.24) is 16.0 Å². The van der Waals surface area contributed by atoms with E-state index in [2.05, 4.69) is 16.0 Å².